The summed E-state index contributed by atoms with van der Waals surface area (Å²) in [6, 6.07) is 20.9. The molecule has 0 aromatic heterocycles. The van der Waals surface area contributed by atoms with Crippen molar-refractivity contribution in [3.8, 4) is 0 Å². The SMILES string of the molecule is CC(C)(CC(=O)[C@H]1CCC2C3CC=C4C=C(C(=O)O)CC[C@]4(C)C3CC[C@@]21C)c1ccccc1.C[C@]12CC[C@H]3[C@@H](CC=C4C=C(C(=O)O)CC[C@@]43C)[C@@H]1CC[C@@H]2C(=O)CCc1ccccc1. The topological polar surface area (TPSA) is 109 Å². The first-order valence-electron chi connectivity index (χ1n) is 25.8. The third kappa shape index (κ3) is 8.06. The summed E-state index contributed by atoms with van der Waals surface area (Å²) in [7, 11) is 0. The molecule has 4 fully saturated rings. The first-order chi connectivity index (χ1) is 31.4. The predicted octanol–water partition coefficient (Wildman–Crippen LogP) is 13.5. The Bertz CT molecular complexity index is 2350. The molecule has 0 radical (unpaired) electrons. The minimum Gasteiger partial charge on any atom is -0.478 e. The molecule has 12 atom stereocenters. The molecule has 0 amide bonds. The van der Waals surface area contributed by atoms with Crippen molar-refractivity contribution < 1.29 is 29.4 Å². The van der Waals surface area contributed by atoms with Crippen LogP contribution in [0.1, 0.15) is 155 Å². The molecule has 0 spiro atoms. The second kappa shape index (κ2) is 17.6. The molecule has 0 saturated heterocycles. The van der Waals surface area contributed by atoms with E-state index < -0.39 is 11.9 Å². The molecule has 10 rings (SSSR count). The predicted molar refractivity (Wildman–Crippen MR) is 261 cm³/mol. The van der Waals surface area contributed by atoms with Crippen LogP contribution >= 0.6 is 0 Å². The highest BCUT2D eigenvalue weighted by atomic mass is 16.4. The number of hydrogen-bond donors (Lipinski definition) is 2. The highest BCUT2D eigenvalue weighted by molar-refractivity contribution is 5.88. The Morgan fingerprint density at radius 3 is 1.50 bits per heavy atom. The Hall–Kier alpha value is -4.32. The van der Waals surface area contributed by atoms with Gasteiger partial charge in [-0.15, -0.1) is 0 Å². The van der Waals surface area contributed by atoms with Crippen LogP contribution in [0.4, 0.5) is 0 Å². The molecule has 0 heterocycles. The van der Waals surface area contributed by atoms with Gasteiger partial charge in [0.05, 0.1) is 0 Å². The van der Waals surface area contributed by atoms with Gasteiger partial charge in [-0.05, 0) is 193 Å². The number of hydrogen-bond acceptors (Lipinski definition) is 4. The lowest BCUT2D eigenvalue weighted by atomic mass is 9.47. The van der Waals surface area contributed by atoms with Gasteiger partial charge in [0.1, 0.15) is 11.6 Å². The van der Waals surface area contributed by atoms with Crippen LogP contribution in [0.3, 0.4) is 0 Å². The first kappa shape index (κ1) is 46.8. The van der Waals surface area contributed by atoms with E-state index in [2.05, 4.69) is 102 Å². The molecule has 66 heavy (non-hydrogen) atoms. The van der Waals surface area contributed by atoms with Gasteiger partial charge >= 0.3 is 11.9 Å². The van der Waals surface area contributed by atoms with Gasteiger partial charge in [0.2, 0.25) is 0 Å². The van der Waals surface area contributed by atoms with Crippen LogP contribution in [0.15, 0.2) is 107 Å². The minimum atomic E-state index is -0.767. The molecule has 6 heteroatoms. The number of aryl methyl sites for hydroxylation is 1. The summed E-state index contributed by atoms with van der Waals surface area (Å²) in [6.07, 6.45) is 25.1. The maximum absolute atomic E-state index is 13.8. The standard InChI is InChI=1S/C31H40O3.C29H36O3/c1-29(2,21-8-6-5-7-9-21)19-27(32)26-13-12-24-23-11-10-22-18-20(28(33)34)14-16-30(22,3)25(23)15-17-31(24,26)4;1-28-16-14-20(27(31)32)18-21(28)9-10-22-23-11-12-25(29(23,2)17-15-24(22)28)26(30)13-8-19-6-4-3-5-7-19/h5-10,18,23-26H,11-17,19H2,1-4H3,(H,33,34);3-7,9,18,22-25H,8,10-17H2,1-2H3,(H,31,32)/t23?,24?,25?,26-,30+,31+;22-,23-,24-,25+,28-,29-/m10/s1. The molecule has 0 bridgehead atoms. The van der Waals surface area contributed by atoms with Crippen molar-refractivity contribution in [2.24, 2.45) is 69.0 Å². The lowest BCUT2D eigenvalue weighted by molar-refractivity contribution is -0.134. The minimum absolute atomic E-state index is 0.0839. The first-order valence-corrected chi connectivity index (χ1v) is 25.8. The van der Waals surface area contributed by atoms with Gasteiger partial charge in [0.25, 0.3) is 0 Å². The Kier molecular flexibility index (Phi) is 12.5. The van der Waals surface area contributed by atoms with Crippen LogP contribution < -0.4 is 0 Å². The molecule has 0 aliphatic heterocycles. The highest BCUT2D eigenvalue weighted by Crippen LogP contribution is 2.68. The molecule has 3 unspecified atom stereocenters. The monoisotopic (exact) mass is 893 g/mol. The second-order valence-electron chi connectivity index (χ2n) is 24.0. The van der Waals surface area contributed by atoms with E-state index in [9.17, 15) is 29.4 Å². The van der Waals surface area contributed by atoms with Crippen LogP contribution in [0.2, 0.25) is 0 Å². The van der Waals surface area contributed by atoms with E-state index in [-0.39, 0.29) is 38.9 Å². The fraction of sp³-hybridized carbons (Fsp3) is 0.600. The van der Waals surface area contributed by atoms with E-state index in [1.807, 2.05) is 24.3 Å². The lowest BCUT2D eigenvalue weighted by Crippen LogP contribution is -2.50. The number of aliphatic carboxylic acids is 2. The fourth-order valence-corrected chi connectivity index (χ4v) is 16.7. The molecule has 2 aromatic carbocycles. The van der Waals surface area contributed by atoms with E-state index in [4.69, 9.17) is 0 Å². The van der Waals surface area contributed by atoms with Gasteiger partial charge in [-0.3, -0.25) is 9.59 Å². The van der Waals surface area contributed by atoms with Crippen LogP contribution in [0.25, 0.3) is 0 Å². The van der Waals surface area contributed by atoms with Gasteiger partial charge in [0.15, 0.2) is 0 Å². The Morgan fingerprint density at radius 2 is 1.03 bits per heavy atom. The van der Waals surface area contributed by atoms with Gasteiger partial charge in [-0.2, -0.15) is 0 Å². The van der Waals surface area contributed by atoms with E-state index in [1.165, 1.54) is 35.1 Å². The van der Waals surface area contributed by atoms with E-state index in [1.54, 1.807) is 0 Å². The number of rotatable bonds is 10. The number of carbonyl (C=O) groups excluding carboxylic acids is 2. The molecule has 2 aromatic rings. The molecular formula is C60H76O6. The van der Waals surface area contributed by atoms with Crippen molar-refractivity contribution in [2.45, 2.75) is 156 Å². The maximum Gasteiger partial charge on any atom is 0.331 e. The normalized spacial score (nSPS) is 37.5. The molecular weight excluding hydrogens is 817 g/mol. The Labute approximate surface area is 394 Å². The summed E-state index contributed by atoms with van der Waals surface area (Å²) in [5, 5.41) is 19.0. The number of benzene rings is 2. The van der Waals surface area contributed by atoms with Crippen molar-refractivity contribution in [3.63, 3.8) is 0 Å². The van der Waals surface area contributed by atoms with E-state index in [0.29, 0.717) is 83.9 Å². The fourth-order valence-electron chi connectivity index (χ4n) is 16.7. The highest BCUT2D eigenvalue weighted by Gasteiger charge is 2.61. The van der Waals surface area contributed by atoms with E-state index in [0.717, 1.165) is 70.6 Å². The van der Waals surface area contributed by atoms with Gasteiger partial charge < -0.3 is 10.2 Å². The average Bonchev–Trinajstić information content (AvgIpc) is 3.85. The molecule has 2 N–H and O–H groups in total. The third-order valence-corrected chi connectivity index (χ3v) is 20.5. The third-order valence-electron chi connectivity index (χ3n) is 20.5. The number of Topliss-reactive ketones (excluding diaryl/α,β-unsaturated/α-hetero) is 2. The van der Waals surface area contributed by atoms with Gasteiger partial charge in [-0.25, -0.2) is 9.59 Å². The van der Waals surface area contributed by atoms with Crippen LogP contribution in [-0.2, 0) is 31.0 Å². The van der Waals surface area contributed by atoms with Crippen molar-refractivity contribution in [1.29, 1.82) is 0 Å². The summed E-state index contributed by atoms with van der Waals surface area (Å²) in [4.78, 5) is 50.2. The van der Waals surface area contributed by atoms with Gasteiger partial charge in [0, 0.05) is 35.8 Å². The van der Waals surface area contributed by atoms with E-state index >= 15 is 0 Å². The van der Waals surface area contributed by atoms with Crippen LogP contribution in [-0.4, -0.2) is 33.7 Å². The van der Waals surface area contributed by atoms with Crippen molar-refractivity contribution in [1.82, 2.24) is 0 Å². The molecule has 352 valence electrons. The van der Waals surface area contributed by atoms with Gasteiger partial charge in [-0.1, -0.05) is 114 Å². The summed E-state index contributed by atoms with van der Waals surface area (Å²) >= 11 is 0. The molecule has 4 saturated carbocycles. The molecule has 6 nitrogen and oxygen atoms in total. The Morgan fingerprint density at radius 1 is 0.576 bits per heavy atom. The molecule has 8 aliphatic carbocycles. The van der Waals surface area contributed by atoms with Crippen LogP contribution in [0, 0.1) is 69.0 Å². The van der Waals surface area contributed by atoms with Crippen molar-refractivity contribution >= 4 is 23.5 Å². The number of fused-ring (bicyclic) bond motifs is 10. The van der Waals surface area contributed by atoms with Crippen molar-refractivity contribution in [2.75, 3.05) is 0 Å². The number of carbonyl (C=O) groups is 4. The number of carboxylic acid groups (broad SMARTS) is 2. The van der Waals surface area contributed by atoms with Crippen LogP contribution in [0.5, 0.6) is 0 Å². The number of carboxylic acids is 2. The average molecular weight is 893 g/mol. The Balaban J connectivity index is 0.000000166. The largest absolute Gasteiger partial charge is 0.478 e. The smallest absolute Gasteiger partial charge is 0.331 e. The zero-order chi connectivity index (χ0) is 46.8. The number of ketones is 2. The summed E-state index contributed by atoms with van der Waals surface area (Å²) in [6.45, 7) is 14.0. The molecule has 8 aliphatic rings. The quantitative estimate of drug-likeness (QED) is 0.246. The lowest BCUT2D eigenvalue weighted by Gasteiger charge is -2.57. The summed E-state index contributed by atoms with van der Waals surface area (Å²) in [5.41, 5.74) is 6.43. The second-order valence-corrected chi connectivity index (χ2v) is 24.0. The van der Waals surface area contributed by atoms with Crippen molar-refractivity contribution in [3.05, 3.63) is 118 Å². The zero-order valence-corrected chi connectivity index (χ0v) is 40.7. The number of allylic oxidation sites excluding steroid dienone is 6. The summed E-state index contributed by atoms with van der Waals surface area (Å²) in [5.74, 6) is 3.47. The summed E-state index contributed by atoms with van der Waals surface area (Å²) < 4.78 is 0. The maximum atomic E-state index is 13.8. The zero-order valence-electron chi connectivity index (χ0n) is 40.7.